The van der Waals surface area contributed by atoms with Crippen molar-refractivity contribution in [1.29, 1.82) is 0 Å². The molecule has 0 saturated heterocycles. The van der Waals surface area contributed by atoms with E-state index in [1.165, 1.54) is 11.1 Å². The fourth-order valence-electron chi connectivity index (χ4n) is 2.69. The van der Waals surface area contributed by atoms with Crippen LogP contribution in [0.25, 0.3) is 0 Å². The first-order valence-corrected chi connectivity index (χ1v) is 7.13. The van der Waals surface area contributed by atoms with Crippen molar-refractivity contribution in [2.24, 2.45) is 5.16 Å². The zero-order chi connectivity index (χ0) is 14.2. The highest BCUT2D eigenvalue weighted by molar-refractivity contribution is 5.91. The predicted molar refractivity (Wildman–Crippen MR) is 77.6 cm³/mol. The molecule has 1 N–H and O–H groups in total. The highest BCUT2D eigenvalue weighted by Gasteiger charge is 2.45. The molecule has 20 heavy (non-hydrogen) atoms. The number of oxime groups is 1. The van der Waals surface area contributed by atoms with Crippen LogP contribution in [-0.2, 0) is 16.1 Å². The Bertz CT molecular complexity index is 561. The maximum absolute atomic E-state index is 12.2. The lowest BCUT2D eigenvalue weighted by molar-refractivity contribution is -0.132. The van der Waals surface area contributed by atoms with Crippen molar-refractivity contribution < 1.29 is 9.63 Å². The van der Waals surface area contributed by atoms with E-state index >= 15 is 0 Å². The number of hydrogen-bond donors (Lipinski definition) is 1. The molecule has 3 rings (SSSR count). The molecule has 4 heteroatoms. The molecule has 1 aromatic carbocycles. The van der Waals surface area contributed by atoms with Crippen molar-refractivity contribution >= 4 is 11.6 Å². The molecular weight excluding hydrogens is 252 g/mol. The molecule has 0 bridgehead atoms. The lowest BCUT2D eigenvalue weighted by Crippen LogP contribution is -2.44. The van der Waals surface area contributed by atoms with Crippen LogP contribution in [-0.4, -0.2) is 23.3 Å². The Hall–Kier alpha value is -1.84. The van der Waals surface area contributed by atoms with Crippen LogP contribution in [0.5, 0.6) is 0 Å². The zero-order valence-corrected chi connectivity index (χ0v) is 12.0. The predicted octanol–water partition coefficient (Wildman–Crippen LogP) is 2.35. The quantitative estimate of drug-likeness (QED) is 0.914. The smallest absolute Gasteiger partial charge is 0.264 e. The molecule has 1 aliphatic carbocycles. The molecule has 1 aliphatic heterocycles. The fourth-order valence-corrected chi connectivity index (χ4v) is 2.69. The summed E-state index contributed by atoms with van der Waals surface area (Å²) in [6.45, 7) is 3.97. The van der Waals surface area contributed by atoms with E-state index in [1.54, 1.807) is 0 Å². The number of carbonyl (C=O) groups excluding carboxylic acids is 1. The van der Waals surface area contributed by atoms with Gasteiger partial charge in [-0.2, -0.15) is 0 Å². The van der Waals surface area contributed by atoms with Crippen LogP contribution in [0.4, 0.5) is 0 Å². The minimum Gasteiger partial charge on any atom is -0.382 e. The molecular formula is C16H20N2O2. The second-order valence-electron chi connectivity index (χ2n) is 6.06. The Labute approximate surface area is 119 Å². The van der Waals surface area contributed by atoms with Crippen LogP contribution in [0.3, 0.4) is 0 Å². The van der Waals surface area contributed by atoms with E-state index in [-0.39, 0.29) is 11.4 Å². The van der Waals surface area contributed by atoms with Gasteiger partial charge in [-0.3, -0.25) is 4.79 Å². The van der Waals surface area contributed by atoms with E-state index < -0.39 is 6.10 Å². The summed E-state index contributed by atoms with van der Waals surface area (Å²) in [5.74, 6) is -0.0317. The van der Waals surface area contributed by atoms with Crippen molar-refractivity contribution in [3.05, 3.63) is 35.4 Å². The molecule has 0 spiro atoms. The Morgan fingerprint density at radius 3 is 2.85 bits per heavy atom. The second kappa shape index (κ2) is 4.93. The highest BCUT2D eigenvalue weighted by Crippen LogP contribution is 2.39. The largest absolute Gasteiger partial charge is 0.382 e. The lowest BCUT2D eigenvalue weighted by atomic mass is 10.0. The summed E-state index contributed by atoms with van der Waals surface area (Å²) in [6.07, 6.45) is 3.14. The maximum Gasteiger partial charge on any atom is 0.264 e. The number of nitrogens with one attached hydrogen (secondary N) is 1. The van der Waals surface area contributed by atoms with Gasteiger partial charge in [0, 0.05) is 12.0 Å². The van der Waals surface area contributed by atoms with Gasteiger partial charge in [0.25, 0.3) is 5.91 Å². The van der Waals surface area contributed by atoms with Crippen molar-refractivity contribution in [3.8, 4) is 0 Å². The zero-order valence-electron chi connectivity index (χ0n) is 12.0. The normalized spacial score (nSPS) is 22.9. The summed E-state index contributed by atoms with van der Waals surface area (Å²) in [6, 6.07) is 8.47. The fraction of sp³-hybridized carbons (Fsp3) is 0.500. The third-order valence-electron chi connectivity index (χ3n) is 3.98. The number of benzene rings is 1. The third-order valence-corrected chi connectivity index (χ3v) is 3.98. The molecule has 0 aromatic heterocycles. The van der Waals surface area contributed by atoms with Gasteiger partial charge < -0.3 is 10.2 Å². The SMILES string of the molecule is CC1=NO[C@H](C(=O)NC2(Cc3cccc(C)c3)CC2)C1. The maximum atomic E-state index is 12.2. The van der Waals surface area contributed by atoms with Gasteiger partial charge in [-0.25, -0.2) is 0 Å². The lowest BCUT2D eigenvalue weighted by Gasteiger charge is -2.19. The molecule has 1 saturated carbocycles. The number of rotatable bonds is 4. The third kappa shape index (κ3) is 2.84. The highest BCUT2D eigenvalue weighted by atomic mass is 16.6. The molecule has 1 aromatic rings. The van der Waals surface area contributed by atoms with E-state index in [4.69, 9.17) is 4.84 Å². The molecule has 1 amide bonds. The van der Waals surface area contributed by atoms with Crippen LogP contribution >= 0.6 is 0 Å². The van der Waals surface area contributed by atoms with Gasteiger partial charge in [0.1, 0.15) is 0 Å². The number of aryl methyl sites for hydroxylation is 1. The van der Waals surface area contributed by atoms with Gasteiger partial charge >= 0.3 is 0 Å². The summed E-state index contributed by atoms with van der Waals surface area (Å²) < 4.78 is 0. The van der Waals surface area contributed by atoms with Gasteiger partial charge in [0.05, 0.1) is 5.71 Å². The van der Waals surface area contributed by atoms with E-state index in [9.17, 15) is 4.79 Å². The summed E-state index contributed by atoms with van der Waals surface area (Å²) >= 11 is 0. The molecule has 4 nitrogen and oxygen atoms in total. The first-order valence-electron chi connectivity index (χ1n) is 7.13. The monoisotopic (exact) mass is 272 g/mol. The summed E-state index contributed by atoms with van der Waals surface area (Å²) in [5.41, 5.74) is 3.36. The number of nitrogens with zero attached hydrogens (tertiary/aromatic N) is 1. The molecule has 1 atom stereocenters. The van der Waals surface area contributed by atoms with E-state index in [0.29, 0.717) is 6.42 Å². The molecule has 1 fully saturated rings. The summed E-state index contributed by atoms with van der Waals surface area (Å²) in [7, 11) is 0. The second-order valence-corrected chi connectivity index (χ2v) is 6.06. The molecule has 106 valence electrons. The average Bonchev–Trinajstić information content (AvgIpc) is 2.98. The van der Waals surface area contributed by atoms with Crippen LogP contribution in [0.15, 0.2) is 29.4 Å². The number of amides is 1. The van der Waals surface area contributed by atoms with Crippen molar-refractivity contribution in [2.75, 3.05) is 0 Å². The summed E-state index contributed by atoms with van der Waals surface area (Å²) in [5, 5.41) is 7.00. The Kier molecular flexibility index (Phi) is 3.24. The summed E-state index contributed by atoms with van der Waals surface area (Å²) in [4.78, 5) is 17.3. The number of carbonyl (C=O) groups is 1. The first-order chi connectivity index (χ1) is 9.56. The first kappa shape index (κ1) is 13.2. The van der Waals surface area contributed by atoms with Gasteiger partial charge in [-0.15, -0.1) is 0 Å². The van der Waals surface area contributed by atoms with Crippen LogP contribution < -0.4 is 5.32 Å². The van der Waals surface area contributed by atoms with E-state index in [2.05, 4.69) is 41.7 Å². The van der Waals surface area contributed by atoms with Crippen molar-refractivity contribution in [2.45, 2.75) is 51.2 Å². The van der Waals surface area contributed by atoms with Gasteiger partial charge in [0.15, 0.2) is 0 Å². The Morgan fingerprint density at radius 2 is 2.25 bits per heavy atom. The van der Waals surface area contributed by atoms with Gasteiger partial charge in [-0.1, -0.05) is 35.0 Å². The topological polar surface area (TPSA) is 50.7 Å². The Balaban J connectivity index is 1.61. The molecule has 0 radical (unpaired) electrons. The van der Waals surface area contributed by atoms with Crippen LogP contribution in [0, 0.1) is 6.92 Å². The molecule has 2 aliphatic rings. The standard InChI is InChI=1S/C16H20N2O2/c1-11-4-3-5-13(8-11)10-16(6-7-16)17-15(19)14-9-12(2)18-20-14/h3-5,8,14H,6-7,9-10H2,1-2H3,(H,17,19)/t14-/m0/s1. The number of hydrogen-bond acceptors (Lipinski definition) is 3. The van der Waals surface area contributed by atoms with Gasteiger partial charge in [-0.05, 0) is 38.7 Å². The van der Waals surface area contributed by atoms with Crippen LogP contribution in [0.1, 0.15) is 37.3 Å². The average molecular weight is 272 g/mol. The van der Waals surface area contributed by atoms with E-state index in [0.717, 1.165) is 25.0 Å². The molecule has 1 heterocycles. The minimum atomic E-state index is -0.440. The molecule has 0 unspecified atom stereocenters. The van der Waals surface area contributed by atoms with Crippen molar-refractivity contribution in [1.82, 2.24) is 5.32 Å². The van der Waals surface area contributed by atoms with Gasteiger partial charge in [0.2, 0.25) is 6.10 Å². The van der Waals surface area contributed by atoms with Crippen LogP contribution in [0.2, 0.25) is 0 Å². The Morgan fingerprint density at radius 1 is 1.45 bits per heavy atom. The van der Waals surface area contributed by atoms with Crippen molar-refractivity contribution in [3.63, 3.8) is 0 Å². The van der Waals surface area contributed by atoms with E-state index in [1.807, 2.05) is 6.92 Å². The minimum absolute atomic E-state index is 0.0317.